The fourth-order valence-corrected chi connectivity index (χ4v) is 1.60. The van der Waals surface area contributed by atoms with Crippen LogP contribution in [0.2, 0.25) is 0 Å². The van der Waals surface area contributed by atoms with Crippen LogP contribution in [-0.4, -0.2) is 44.3 Å². The van der Waals surface area contributed by atoms with Crippen LogP contribution in [0.3, 0.4) is 0 Å². The van der Waals surface area contributed by atoms with Gasteiger partial charge in [0.15, 0.2) is 0 Å². The Bertz CT molecular complexity index is 343. The minimum absolute atomic E-state index is 0.0628. The minimum Gasteiger partial charge on any atom is -0.481 e. The van der Waals surface area contributed by atoms with Crippen LogP contribution in [0.5, 0.6) is 0 Å². The maximum Gasteiger partial charge on any atom is 0.303 e. The van der Waals surface area contributed by atoms with Gasteiger partial charge in [0.2, 0.25) is 0 Å². The number of aliphatic carboxylic acids is 4. The van der Waals surface area contributed by atoms with Crippen LogP contribution in [0.15, 0.2) is 0 Å². The second kappa shape index (κ2) is 22.9. The molecular formula is C18H34O8. The van der Waals surface area contributed by atoms with Crippen molar-refractivity contribution < 1.29 is 39.6 Å². The summed E-state index contributed by atoms with van der Waals surface area (Å²) in [6.45, 7) is 4.11. The van der Waals surface area contributed by atoms with Crippen LogP contribution < -0.4 is 0 Å². The number of rotatable bonds is 13. The highest BCUT2D eigenvalue weighted by Gasteiger charge is 1.99. The van der Waals surface area contributed by atoms with Gasteiger partial charge in [-0.25, -0.2) is 0 Å². The zero-order chi connectivity index (χ0) is 20.8. The summed E-state index contributed by atoms with van der Waals surface area (Å²) in [7, 11) is 0. The summed E-state index contributed by atoms with van der Waals surface area (Å²) < 4.78 is 0. The first-order chi connectivity index (χ1) is 12.2. The molecule has 8 heteroatoms. The summed E-state index contributed by atoms with van der Waals surface area (Å²) in [5.41, 5.74) is 0. The Kier molecular flexibility index (Phi) is 25.2. The molecule has 8 nitrogen and oxygen atoms in total. The van der Waals surface area contributed by atoms with E-state index in [-0.39, 0.29) is 12.8 Å². The minimum atomic E-state index is -0.870. The fourth-order valence-electron chi connectivity index (χ4n) is 1.60. The number of carbonyl (C=O) groups is 4. The van der Waals surface area contributed by atoms with Crippen LogP contribution in [0.25, 0.3) is 0 Å². The molecular weight excluding hydrogens is 344 g/mol. The van der Waals surface area contributed by atoms with E-state index >= 15 is 0 Å². The van der Waals surface area contributed by atoms with E-state index in [4.69, 9.17) is 20.4 Å². The molecule has 0 radical (unpaired) electrons. The van der Waals surface area contributed by atoms with Crippen LogP contribution in [0.4, 0.5) is 0 Å². The first-order valence-corrected chi connectivity index (χ1v) is 9.04. The maximum atomic E-state index is 9.90. The van der Waals surface area contributed by atoms with Crippen molar-refractivity contribution in [2.75, 3.05) is 0 Å². The van der Waals surface area contributed by atoms with Crippen molar-refractivity contribution in [2.24, 2.45) is 0 Å². The van der Waals surface area contributed by atoms with Gasteiger partial charge in [-0.3, -0.25) is 19.2 Å². The van der Waals surface area contributed by atoms with Gasteiger partial charge in [0.1, 0.15) is 0 Å². The lowest BCUT2D eigenvalue weighted by atomic mass is 10.2. The summed E-state index contributed by atoms with van der Waals surface area (Å²) in [6.07, 6.45) is 7.57. The monoisotopic (exact) mass is 378 g/mol. The molecule has 0 aliphatic carbocycles. The van der Waals surface area contributed by atoms with Crippen molar-refractivity contribution in [3.63, 3.8) is 0 Å². The van der Waals surface area contributed by atoms with Crippen molar-refractivity contribution in [2.45, 2.75) is 90.9 Å². The van der Waals surface area contributed by atoms with E-state index in [1.54, 1.807) is 0 Å². The van der Waals surface area contributed by atoms with Gasteiger partial charge in [0.25, 0.3) is 0 Å². The molecule has 0 saturated carbocycles. The molecule has 154 valence electrons. The van der Waals surface area contributed by atoms with Crippen LogP contribution >= 0.6 is 0 Å². The lowest BCUT2D eigenvalue weighted by Crippen LogP contribution is -1.97. The molecule has 0 bridgehead atoms. The zero-order valence-corrected chi connectivity index (χ0v) is 15.9. The normalized spacial score (nSPS) is 9.15. The third-order valence-corrected chi connectivity index (χ3v) is 3.02. The average molecular weight is 378 g/mol. The molecule has 0 amide bonds. The molecule has 0 atom stereocenters. The van der Waals surface area contributed by atoms with Gasteiger partial charge in [-0.15, -0.1) is 0 Å². The SMILES string of the molecule is CCCCCC(=O)O.CCCCCC(=O)O.O=C(O)CCCCC(=O)O. The Balaban J connectivity index is -0.000000308. The fraction of sp³-hybridized carbons (Fsp3) is 0.778. The number of unbranched alkanes of at least 4 members (excludes halogenated alkanes) is 5. The maximum absolute atomic E-state index is 9.90. The van der Waals surface area contributed by atoms with Gasteiger partial charge in [-0.2, -0.15) is 0 Å². The molecule has 0 rings (SSSR count). The average Bonchev–Trinajstić information content (AvgIpc) is 2.52. The highest BCUT2D eigenvalue weighted by atomic mass is 16.4. The quantitative estimate of drug-likeness (QED) is 0.351. The number of carboxylic acid groups (broad SMARTS) is 4. The largest absolute Gasteiger partial charge is 0.481 e. The van der Waals surface area contributed by atoms with E-state index < -0.39 is 23.9 Å². The molecule has 0 saturated heterocycles. The second-order valence-corrected chi connectivity index (χ2v) is 5.70. The van der Waals surface area contributed by atoms with Gasteiger partial charge in [-0.1, -0.05) is 39.5 Å². The summed E-state index contributed by atoms with van der Waals surface area (Å²) in [5, 5.41) is 32.5. The Morgan fingerprint density at radius 3 is 0.808 bits per heavy atom. The molecule has 0 heterocycles. The summed E-state index contributed by atoms with van der Waals surface area (Å²) in [4.78, 5) is 39.5. The van der Waals surface area contributed by atoms with Crippen molar-refractivity contribution >= 4 is 23.9 Å². The Labute approximate surface area is 155 Å². The zero-order valence-electron chi connectivity index (χ0n) is 15.9. The van der Waals surface area contributed by atoms with E-state index in [1.165, 1.54) is 0 Å². The van der Waals surface area contributed by atoms with Crippen LogP contribution in [0.1, 0.15) is 90.9 Å². The van der Waals surface area contributed by atoms with E-state index in [2.05, 4.69) is 13.8 Å². The molecule has 0 spiro atoms. The third kappa shape index (κ3) is 43.1. The van der Waals surface area contributed by atoms with E-state index in [1.807, 2.05) is 0 Å². The first-order valence-electron chi connectivity index (χ1n) is 9.04. The number of carboxylic acids is 4. The van der Waals surface area contributed by atoms with E-state index in [0.29, 0.717) is 25.7 Å². The molecule has 0 aromatic carbocycles. The van der Waals surface area contributed by atoms with Gasteiger partial charge >= 0.3 is 23.9 Å². The van der Waals surface area contributed by atoms with Crippen molar-refractivity contribution in [1.29, 1.82) is 0 Å². The van der Waals surface area contributed by atoms with Crippen LogP contribution in [-0.2, 0) is 19.2 Å². The third-order valence-electron chi connectivity index (χ3n) is 3.02. The van der Waals surface area contributed by atoms with Crippen molar-refractivity contribution in [1.82, 2.24) is 0 Å². The first kappa shape index (κ1) is 28.7. The Hall–Kier alpha value is -2.12. The molecule has 0 aliphatic rings. The summed E-state index contributed by atoms with van der Waals surface area (Å²) in [5.74, 6) is -3.10. The summed E-state index contributed by atoms with van der Waals surface area (Å²) >= 11 is 0. The molecule has 0 aromatic rings. The topological polar surface area (TPSA) is 149 Å². The molecule has 4 N–H and O–H groups in total. The Morgan fingerprint density at radius 2 is 0.654 bits per heavy atom. The van der Waals surface area contributed by atoms with Crippen LogP contribution in [0, 0.1) is 0 Å². The lowest BCUT2D eigenvalue weighted by molar-refractivity contribution is -0.139. The Morgan fingerprint density at radius 1 is 0.462 bits per heavy atom. The second-order valence-electron chi connectivity index (χ2n) is 5.70. The van der Waals surface area contributed by atoms with Crippen molar-refractivity contribution in [3.8, 4) is 0 Å². The standard InChI is InChI=1S/C6H10O4.2C6H12O2/c7-5(8)3-1-2-4-6(9)10;2*1-2-3-4-5-6(7)8/h1-4H2,(H,7,8)(H,9,10);2*2-5H2,1H3,(H,7,8). The number of hydrogen-bond donors (Lipinski definition) is 4. The van der Waals surface area contributed by atoms with E-state index in [0.717, 1.165) is 38.5 Å². The van der Waals surface area contributed by atoms with Gasteiger partial charge in [0.05, 0.1) is 0 Å². The molecule has 26 heavy (non-hydrogen) atoms. The van der Waals surface area contributed by atoms with E-state index in [9.17, 15) is 19.2 Å². The molecule has 0 aromatic heterocycles. The predicted octanol–water partition coefficient (Wildman–Crippen LogP) is 4.02. The van der Waals surface area contributed by atoms with Gasteiger partial charge in [-0.05, 0) is 25.7 Å². The lowest BCUT2D eigenvalue weighted by Gasteiger charge is -1.92. The highest BCUT2D eigenvalue weighted by Crippen LogP contribution is 1.99. The molecule has 0 unspecified atom stereocenters. The highest BCUT2D eigenvalue weighted by molar-refractivity contribution is 5.68. The van der Waals surface area contributed by atoms with Crippen molar-refractivity contribution in [3.05, 3.63) is 0 Å². The molecule has 0 fully saturated rings. The van der Waals surface area contributed by atoms with Gasteiger partial charge < -0.3 is 20.4 Å². The van der Waals surface area contributed by atoms with Gasteiger partial charge in [0, 0.05) is 25.7 Å². The smallest absolute Gasteiger partial charge is 0.303 e. The summed E-state index contributed by atoms with van der Waals surface area (Å²) in [6, 6.07) is 0. The molecule has 0 aliphatic heterocycles. The number of hydrogen-bond acceptors (Lipinski definition) is 4. The predicted molar refractivity (Wildman–Crippen MR) is 97.3 cm³/mol.